The van der Waals surface area contributed by atoms with E-state index in [4.69, 9.17) is 32.7 Å². The maximum atomic E-state index is 12.9. The summed E-state index contributed by atoms with van der Waals surface area (Å²) < 4.78 is 37.0. The highest BCUT2D eigenvalue weighted by Gasteiger charge is 2.25. The Morgan fingerprint density at radius 3 is 2.69 bits per heavy atom. The molecule has 1 aliphatic heterocycles. The molecule has 0 saturated heterocycles. The molecule has 0 aromatic heterocycles. The largest absolute Gasteiger partial charge is 0.490 e. The summed E-state index contributed by atoms with van der Waals surface area (Å²) >= 11 is 11.9. The van der Waals surface area contributed by atoms with Crippen LogP contribution in [0.5, 0.6) is 11.5 Å². The fourth-order valence-electron chi connectivity index (χ4n) is 2.44. The summed E-state index contributed by atoms with van der Waals surface area (Å²) in [7, 11) is -4.15. The highest BCUT2D eigenvalue weighted by atomic mass is 35.5. The number of sulfone groups is 1. The topological polar surface area (TPSA) is 76.4 Å². The van der Waals surface area contributed by atoms with E-state index in [1.807, 2.05) is 0 Å². The number of halogens is 2. The molecule has 1 aliphatic rings. The zero-order valence-electron chi connectivity index (χ0n) is 13.4. The van der Waals surface area contributed by atoms with Crippen molar-refractivity contribution in [2.24, 2.45) is 0 Å². The van der Waals surface area contributed by atoms with Crippen LogP contribution in [0.25, 0.3) is 6.08 Å². The second-order valence-corrected chi connectivity index (χ2v) is 8.15. The number of nitriles is 1. The maximum absolute atomic E-state index is 12.9. The summed E-state index contributed by atoms with van der Waals surface area (Å²) in [4.78, 5) is -0.693. The van der Waals surface area contributed by atoms with Gasteiger partial charge in [-0.05, 0) is 30.3 Å². The predicted molar refractivity (Wildman–Crippen MR) is 99.3 cm³/mol. The van der Waals surface area contributed by atoms with Gasteiger partial charge in [0.15, 0.2) is 11.5 Å². The van der Waals surface area contributed by atoms with Crippen LogP contribution in [0.3, 0.4) is 0 Å². The fraction of sp³-hybridized carbons (Fsp3) is 0.167. The van der Waals surface area contributed by atoms with Crippen molar-refractivity contribution in [3.63, 3.8) is 0 Å². The molecule has 0 aliphatic carbocycles. The van der Waals surface area contributed by atoms with E-state index >= 15 is 0 Å². The second kappa shape index (κ2) is 7.58. The number of allylic oxidation sites excluding steroid dienone is 1. The normalized spacial score (nSPS) is 14.4. The van der Waals surface area contributed by atoms with Crippen LogP contribution < -0.4 is 9.47 Å². The minimum absolute atomic E-state index is 0.0120. The first-order chi connectivity index (χ1) is 12.4. The monoisotopic (exact) mass is 409 g/mol. The summed E-state index contributed by atoms with van der Waals surface area (Å²) in [5.74, 6) is 0.914. The first-order valence-electron chi connectivity index (χ1n) is 7.64. The Hall–Kier alpha value is -2.20. The number of nitrogens with zero attached hydrogens (tertiary/aromatic N) is 1. The molecule has 0 saturated carbocycles. The third-order valence-corrected chi connectivity index (χ3v) is 6.05. The maximum Gasteiger partial charge on any atom is 0.218 e. The molecule has 0 spiro atoms. The zero-order valence-corrected chi connectivity index (χ0v) is 15.7. The van der Waals surface area contributed by atoms with Gasteiger partial charge in [0, 0.05) is 17.0 Å². The van der Waals surface area contributed by atoms with Gasteiger partial charge in [0.1, 0.15) is 11.0 Å². The Labute approximate surface area is 161 Å². The number of hydrogen-bond donors (Lipinski definition) is 0. The second-order valence-electron chi connectivity index (χ2n) is 5.42. The molecule has 26 heavy (non-hydrogen) atoms. The van der Waals surface area contributed by atoms with Gasteiger partial charge < -0.3 is 9.47 Å². The molecular formula is C18H13Cl2NO4S. The zero-order chi connectivity index (χ0) is 18.7. The van der Waals surface area contributed by atoms with Crippen LogP contribution >= 0.6 is 23.2 Å². The standard InChI is InChI=1S/C18H13Cl2NO4S/c19-13-5-6-15(20)17(10-13)26(22,23)14(11-21)9-12-3-1-4-16-18(12)25-8-2-7-24-16/h1,3-6,9-10H,2,7-8H2/b14-9-. The molecule has 2 aromatic rings. The summed E-state index contributed by atoms with van der Waals surface area (Å²) in [6, 6.07) is 10.9. The molecule has 0 bridgehead atoms. The lowest BCUT2D eigenvalue weighted by Crippen LogP contribution is -2.05. The van der Waals surface area contributed by atoms with Crippen LogP contribution in [0.4, 0.5) is 0 Å². The highest BCUT2D eigenvalue weighted by Crippen LogP contribution is 2.36. The van der Waals surface area contributed by atoms with Gasteiger partial charge in [-0.2, -0.15) is 5.26 Å². The number of rotatable bonds is 3. The number of hydrogen-bond acceptors (Lipinski definition) is 5. The Morgan fingerprint density at radius 2 is 1.92 bits per heavy atom. The predicted octanol–water partition coefficient (Wildman–Crippen LogP) is 4.49. The van der Waals surface area contributed by atoms with Crippen molar-refractivity contribution in [3.8, 4) is 17.6 Å². The Kier molecular flexibility index (Phi) is 5.42. The molecule has 0 amide bonds. The van der Waals surface area contributed by atoms with Gasteiger partial charge in [-0.25, -0.2) is 8.42 Å². The van der Waals surface area contributed by atoms with Crippen LogP contribution in [0.1, 0.15) is 12.0 Å². The molecule has 0 radical (unpaired) electrons. The van der Waals surface area contributed by atoms with Crippen molar-refractivity contribution in [2.45, 2.75) is 11.3 Å². The number of fused-ring (bicyclic) bond motifs is 1. The minimum Gasteiger partial charge on any atom is -0.490 e. The SMILES string of the molecule is N#C/C(=C/c1cccc2c1OCCCO2)S(=O)(=O)c1cc(Cl)ccc1Cl. The van der Waals surface area contributed by atoms with E-state index in [1.165, 1.54) is 24.3 Å². The Bertz CT molecular complexity index is 1030. The van der Waals surface area contributed by atoms with Crippen molar-refractivity contribution >= 4 is 39.1 Å². The van der Waals surface area contributed by atoms with Crippen LogP contribution in [0.2, 0.25) is 10.0 Å². The van der Waals surface area contributed by atoms with Crippen molar-refractivity contribution < 1.29 is 17.9 Å². The van der Waals surface area contributed by atoms with Crippen molar-refractivity contribution in [2.75, 3.05) is 13.2 Å². The number of ether oxygens (including phenoxy) is 2. The highest BCUT2D eigenvalue weighted by molar-refractivity contribution is 7.95. The fourth-order valence-corrected chi connectivity index (χ4v) is 4.35. The first kappa shape index (κ1) is 18.6. The van der Waals surface area contributed by atoms with Gasteiger partial charge in [0.05, 0.1) is 23.1 Å². The summed E-state index contributed by atoms with van der Waals surface area (Å²) in [5.41, 5.74) is 0.433. The lowest BCUT2D eigenvalue weighted by molar-refractivity contribution is 0.296. The molecular weight excluding hydrogens is 397 g/mol. The lowest BCUT2D eigenvalue weighted by atomic mass is 10.1. The smallest absolute Gasteiger partial charge is 0.218 e. The molecule has 0 unspecified atom stereocenters. The molecule has 134 valence electrons. The Morgan fingerprint density at radius 1 is 1.15 bits per heavy atom. The molecule has 0 fully saturated rings. The number of para-hydroxylation sites is 1. The Balaban J connectivity index is 2.13. The summed E-state index contributed by atoms with van der Waals surface area (Å²) in [6.07, 6.45) is 1.96. The van der Waals surface area contributed by atoms with Gasteiger partial charge in [-0.1, -0.05) is 35.3 Å². The van der Waals surface area contributed by atoms with E-state index in [0.29, 0.717) is 36.7 Å². The van der Waals surface area contributed by atoms with E-state index in [2.05, 4.69) is 0 Å². The van der Waals surface area contributed by atoms with Gasteiger partial charge in [-0.15, -0.1) is 0 Å². The van der Waals surface area contributed by atoms with Gasteiger partial charge in [-0.3, -0.25) is 0 Å². The molecule has 8 heteroatoms. The van der Waals surface area contributed by atoms with Crippen molar-refractivity contribution in [1.82, 2.24) is 0 Å². The molecule has 0 atom stereocenters. The van der Waals surface area contributed by atoms with Crippen molar-refractivity contribution in [3.05, 3.63) is 56.9 Å². The quantitative estimate of drug-likeness (QED) is 0.697. The van der Waals surface area contributed by atoms with Crippen LogP contribution in [-0.4, -0.2) is 21.6 Å². The molecule has 0 N–H and O–H groups in total. The average molecular weight is 410 g/mol. The number of benzene rings is 2. The van der Waals surface area contributed by atoms with Crippen molar-refractivity contribution in [1.29, 1.82) is 5.26 Å². The molecule has 2 aromatic carbocycles. The minimum atomic E-state index is -4.15. The molecule has 5 nitrogen and oxygen atoms in total. The van der Waals surface area contributed by atoms with Crippen LogP contribution in [0.15, 0.2) is 46.2 Å². The van der Waals surface area contributed by atoms with E-state index in [1.54, 1.807) is 24.3 Å². The van der Waals surface area contributed by atoms with Gasteiger partial charge in [0.25, 0.3) is 0 Å². The summed E-state index contributed by atoms with van der Waals surface area (Å²) in [6.45, 7) is 0.939. The summed E-state index contributed by atoms with van der Waals surface area (Å²) in [5, 5.41) is 9.65. The van der Waals surface area contributed by atoms with E-state index in [0.717, 1.165) is 0 Å². The average Bonchev–Trinajstić information content (AvgIpc) is 2.87. The lowest BCUT2D eigenvalue weighted by Gasteiger charge is -2.11. The third-order valence-electron chi connectivity index (χ3n) is 3.67. The van der Waals surface area contributed by atoms with Crippen LogP contribution in [-0.2, 0) is 9.84 Å². The first-order valence-corrected chi connectivity index (χ1v) is 9.88. The van der Waals surface area contributed by atoms with Crippen LogP contribution in [0, 0.1) is 11.3 Å². The van der Waals surface area contributed by atoms with E-state index in [-0.39, 0.29) is 14.9 Å². The van der Waals surface area contributed by atoms with E-state index in [9.17, 15) is 13.7 Å². The third kappa shape index (κ3) is 3.65. The van der Waals surface area contributed by atoms with Gasteiger partial charge >= 0.3 is 0 Å². The van der Waals surface area contributed by atoms with E-state index < -0.39 is 14.7 Å². The molecule has 1 heterocycles. The van der Waals surface area contributed by atoms with Gasteiger partial charge in [0.2, 0.25) is 9.84 Å². The molecule has 3 rings (SSSR count).